The average molecular weight is 381 g/mol. The Morgan fingerprint density at radius 3 is 2.16 bits per heavy atom. The monoisotopic (exact) mass is 381 g/mol. The van der Waals surface area contributed by atoms with Crippen molar-refractivity contribution in [3.05, 3.63) is 41.0 Å². The second-order valence-electron chi connectivity index (χ2n) is 4.86. The predicted molar refractivity (Wildman–Crippen MR) is 78.1 cm³/mol. The van der Waals surface area contributed by atoms with Gasteiger partial charge in [0.05, 0.1) is 12.8 Å². The van der Waals surface area contributed by atoms with E-state index in [0.29, 0.717) is 0 Å². The third-order valence-electron chi connectivity index (χ3n) is 3.24. The van der Waals surface area contributed by atoms with E-state index in [1.165, 1.54) is 0 Å². The summed E-state index contributed by atoms with van der Waals surface area (Å²) in [5.41, 5.74) is -1.47. The van der Waals surface area contributed by atoms with Gasteiger partial charge in [-0.15, -0.1) is 0 Å². The van der Waals surface area contributed by atoms with Gasteiger partial charge in [0.25, 0.3) is 10.0 Å². The molecule has 0 heterocycles. The molecule has 25 heavy (non-hydrogen) atoms. The molecule has 0 radical (unpaired) electrons. The van der Waals surface area contributed by atoms with E-state index in [0.717, 1.165) is 26.2 Å². The fraction of sp³-hybridized carbons (Fsp3) is 0.143. The van der Waals surface area contributed by atoms with Crippen molar-refractivity contribution in [3.63, 3.8) is 0 Å². The van der Waals surface area contributed by atoms with Crippen LogP contribution < -0.4 is 9.46 Å². The van der Waals surface area contributed by atoms with Gasteiger partial charge in [-0.05, 0) is 6.92 Å². The van der Waals surface area contributed by atoms with E-state index in [1.54, 1.807) is 4.72 Å². The molecule has 3 N–H and O–H groups in total. The molecule has 2 aromatic rings. The molecule has 0 bridgehead atoms. The van der Waals surface area contributed by atoms with Crippen molar-refractivity contribution in [2.75, 3.05) is 11.8 Å². The molecule has 0 atom stereocenters. The minimum absolute atomic E-state index is 0.347. The van der Waals surface area contributed by atoms with Gasteiger partial charge in [0.15, 0.2) is 39.7 Å². The van der Waals surface area contributed by atoms with Crippen LogP contribution >= 0.6 is 0 Å². The van der Waals surface area contributed by atoms with E-state index in [-0.39, 0.29) is 5.75 Å². The highest BCUT2D eigenvalue weighted by Gasteiger charge is 2.32. The quantitative estimate of drug-likeness (QED) is 0.249. The van der Waals surface area contributed by atoms with E-state index >= 15 is 0 Å². The molecule has 6 nitrogen and oxygen atoms in total. The van der Waals surface area contributed by atoms with Gasteiger partial charge in [-0.1, -0.05) is 0 Å². The summed E-state index contributed by atoms with van der Waals surface area (Å²) >= 11 is 0. The van der Waals surface area contributed by atoms with Crippen molar-refractivity contribution >= 4 is 15.7 Å². The van der Waals surface area contributed by atoms with Crippen LogP contribution in [0, 0.1) is 30.2 Å². The number of benzene rings is 2. The smallest absolute Gasteiger partial charge is 0.267 e. The van der Waals surface area contributed by atoms with Gasteiger partial charge in [-0.3, -0.25) is 4.72 Å². The van der Waals surface area contributed by atoms with Crippen LogP contribution in [0.15, 0.2) is 17.0 Å². The third-order valence-corrected chi connectivity index (χ3v) is 4.64. The van der Waals surface area contributed by atoms with Crippen LogP contribution in [0.2, 0.25) is 0 Å². The number of halogens is 4. The molecule has 0 spiro atoms. The fourth-order valence-corrected chi connectivity index (χ4v) is 3.22. The van der Waals surface area contributed by atoms with Gasteiger partial charge in [-0.25, -0.2) is 26.0 Å². The number of rotatable bonds is 4. The molecule has 0 aliphatic carbocycles. The first-order valence-electron chi connectivity index (χ1n) is 6.46. The molecule has 0 fully saturated rings. The fourth-order valence-electron chi connectivity index (χ4n) is 1.97. The van der Waals surface area contributed by atoms with Gasteiger partial charge in [0.1, 0.15) is 0 Å². The summed E-state index contributed by atoms with van der Waals surface area (Å²) in [7, 11) is -3.94. The average Bonchev–Trinajstić information content (AvgIpc) is 2.53. The summed E-state index contributed by atoms with van der Waals surface area (Å²) in [6.07, 6.45) is 0. The summed E-state index contributed by atoms with van der Waals surface area (Å²) in [5.74, 6) is -9.88. The molecule has 0 unspecified atom stereocenters. The van der Waals surface area contributed by atoms with Gasteiger partial charge >= 0.3 is 0 Å². The largest absolute Gasteiger partial charge is 0.504 e. The van der Waals surface area contributed by atoms with Gasteiger partial charge in [0, 0.05) is 17.7 Å². The lowest BCUT2D eigenvalue weighted by atomic mass is 10.2. The lowest BCUT2D eigenvalue weighted by molar-refractivity contribution is 0.351. The van der Waals surface area contributed by atoms with Crippen LogP contribution in [-0.2, 0) is 10.0 Å². The van der Waals surface area contributed by atoms with E-state index < -0.39 is 60.9 Å². The number of ether oxygens (including phenoxy) is 1. The first-order chi connectivity index (χ1) is 11.5. The first-order valence-corrected chi connectivity index (χ1v) is 7.94. The maximum Gasteiger partial charge on any atom is 0.267 e. The lowest BCUT2D eigenvalue weighted by Gasteiger charge is -2.14. The van der Waals surface area contributed by atoms with Crippen molar-refractivity contribution in [2.24, 2.45) is 0 Å². The maximum absolute atomic E-state index is 14.0. The van der Waals surface area contributed by atoms with Crippen molar-refractivity contribution in [3.8, 4) is 17.2 Å². The van der Waals surface area contributed by atoms with Crippen molar-refractivity contribution in [1.29, 1.82) is 0 Å². The molecule has 0 saturated heterocycles. The normalized spacial score (nSPS) is 11.4. The molecule has 2 rings (SSSR count). The van der Waals surface area contributed by atoms with Gasteiger partial charge in [-0.2, -0.15) is 0 Å². The molecule has 2 aromatic carbocycles. The van der Waals surface area contributed by atoms with Crippen LogP contribution in [0.1, 0.15) is 5.56 Å². The van der Waals surface area contributed by atoms with Crippen LogP contribution in [-0.4, -0.2) is 25.7 Å². The van der Waals surface area contributed by atoms with Crippen LogP contribution in [0.3, 0.4) is 0 Å². The summed E-state index contributed by atoms with van der Waals surface area (Å²) in [6.45, 7) is 0.738. The number of phenolic OH excluding ortho intramolecular Hbond substituents is 2. The van der Waals surface area contributed by atoms with E-state index in [1.807, 2.05) is 0 Å². The minimum atomic E-state index is -5.05. The van der Waals surface area contributed by atoms with Crippen LogP contribution in [0.4, 0.5) is 23.2 Å². The lowest BCUT2D eigenvalue weighted by Crippen LogP contribution is -2.19. The molecule has 0 aliphatic rings. The Bertz CT molecular complexity index is 933. The zero-order chi connectivity index (χ0) is 19.1. The van der Waals surface area contributed by atoms with Crippen molar-refractivity contribution in [1.82, 2.24) is 0 Å². The summed E-state index contributed by atoms with van der Waals surface area (Å²) in [5, 5.41) is 19.0. The molecule has 0 saturated carbocycles. The van der Waals surface area contributed by atoms with E-state index in [4.69, 9.17) is 0 Å². The SMILES string of the molecule is COc1cc(NS(=O)(=O)c2c(F)c(C)c(F)c(F)c2F)cc(O)c1O. The molecule has 11 heteroatoms. The molecular formula is C14H11F4NO5S. The highest BCUT2D eigenvalue weighted by Crippen LogP contribution is 2.39. The molecule has 0 aromatic heterocycles. The first kappa shape index (κ1) is 18.6. The summed E-state index contributed by atoms with van der Waals surface area (Å²) < 4.78 is 85.3. The van der Waals surface area contributed by atoms with E-state index in [2.05, 4.69) is 4.74 Å². The van der Waals surface area contributed by atoms with Crippen LogP contribution in [0.25, 0.3) is 0 Å². The Balaban J connectivity index is 2.61. The minimum Gasteiger partial charge on any atom is -0.504 e. The van der Waals surface area contributed by atoms with Crippen molar-refractivity contribution < 1.29 is 40.9 Å². The number of sulfonamides is 1. The number of anilines is 1. The third kappa shape index (κ3) is 3.14. The van der Waals surface area contributed by atoms with Crippen molar-refractivity contribution in [2.45, 2.75) is 11.8 Å². The highest BCUT2D eigenvalue weighted by molar-refractivity contribution is 7.92. The molecular weight excluding hydrogens is 370 g/mol. The van der Waals surface area contributed by atoms with Gasteiger partial charge < -0.3 is 14.9 Å². The second kappa shape index (κ2) is 6.31. The van der Waals surface area contributed by atoms with Crippen LogP contribution in [0.5, 0.6) is 17.2 Å². The number of nitrogens with one attached hydrogen (secondary N) is 1. The Hall–Kier alpha value is -2.69. The zero-order valence-corrected chi connectivity index (χ0v) is 13.5. The number of phenols is 2. The summed E-state index contributed by atoms with van der Waals surface area (Å²) in [4.78, 5) is -1.73. The number of methoxy groups -OCH3 is 1. The Morgan fingerprint density at radius 1 is 1.00 bits per heavy atom. The highest BCUT2D eigenvalue weighted by atomic mass is 32.2. The summed E-state index contributed by atoms with van der Waals surface area (Å²) in [6, 6.07) is 1.62. The standard InChI is InChI=1S/C14H11F4NO5S/c1-5-9(15)11(17)12(18)14(10(5)16)25(22,23)19-6-3-7(20)13(21)8(4-6)24-2/h3-4,19-21H,1-2H3. The second-order valence-corrected chi connectivity index (χ2v) is 6.48. The van der Waals surface area contributed by atoms with Gasteiger partial charge in [0.2, 0.25) is 5.75 Å². The Labute approximate surface area is 139 Å². The Kier molecular flexibility index (Phi) is 4.71. The Morgan fingerprint density at radius 2 is 1.60 bits per heavy atom. The van der Waals surface area contributed by atoms with E-state index in [9.17, 15) is 36.2 Å². The predicted octanol–water partition coefficient (Wildman–Crippen LogP) is 2.77. The number of hydrogen-bond donors (Lipinski definition) is 3. The zero-order valence-electron chi connectivity index (χ0n) is 12.7. The maximum atomic E-state index is 14.0. The molecule has 136 valence electrons. The number of hydrogen-bond acceptors (Lipinski definition) is 5. The molecule has 0 aliphatic heterocycles. The number of aromatic hydroxyl groups is 2. The molecule has 0 amide bonds. The topological polar surface area (TPSA) is 95.9 Å².